The summed E-state index contributed by atoms with van der Waals surface area (Å²) in [7, 11) is 0. The zero-order chi connectivity index (χ0) is 13.1. The van der Waals surface area contributed by atoms with E-state index in [0.29, 0.717) is 0 Å². The van der Waals surface area contributed by atoms with Gasteiger partial charge in [-0.15, -0.1) is 0 Å². The van der Waals surface area contributed by atoms with E-state index in [9.17, 15) is 8.78 Å². The molecule has 0 radical (unpaired) electrons. The highest BCUT2D eigenvalue weighted by molar-refractivity contribution is 5.45. The number of nitrogen functional groups attached to an aromatic ring is 1. The van der Waals surface area contributed by atoms with Gasteiger partial charge in [0, 0.05) is 18.7 Å². The molecule has 0 spiro atoms. The summed E-state index contributed by atoms with van der Waals surface area (Å²) in [5, 5.41) is 3.01. The second-order valence-electron chi connectivity index (χ2n) is 4.56. The summed E-state index contributed by atoms with van der Waals surface area (Å²) < 4.78 is 26.5. The molecule has 1 atom stereocenters. The van der Waals surface area contributed by atoms with Crippen LogP contribution in [-0.4, -0.2) is 35.6 Å². The molecular weight excluding hydrogens is 238 g/mol. The van der Waals surface area contributed by atoms with Crippen molar-refractivity contribution in [3.8, 4) is 0 Å². The van der Waals surface area contributed by atoms with Gasteiger partial charge in [-0.2, -0.15) is 0 Å². The van der Waals surface area contributed by atoms with Crippen molar-refractivity contribution in [1.82, 2.24) is 9.88 Å². The number of likely N-dealkylation sites (N-methyl/N-ethyl adjacent to an activating group) is 1. The molecule has 0 aromatic carbocycles. The molecule has 1 unspecified atom stereocenters. The fourth-order valence-electron chi connectivity index (χ4n) is 2.24. The van der Waals surface area contributed by atoms with Gasteiger partial charge in [-0.25, -0.2) is 13.8 Å². The Kier molecular flexibility index (Phi) is 3.96. The van der Waals surface area contributed by atoms with Crippen LogP contribution in [0.3, 0.4) is 0 Å². The molecule has 1 aliphatic rings. The first-order valence-electron chi connectivity index (χ1n) is 6.20. The molecule has 1 aliphatic heterocycles. The molecule has 2 heterocycles. The van der Waals surface area contributed by atoms with Crippen LogP contribution in [0.15, 0.2) is 6.07 Å². The highest BCUT2D eigenvalue weighted by Crippen LogP contribution is 2.20. The Morgan fingerprint density at radius 2 is 2.28 bits per heavy atom. The van der Waals surface area contributed by atoms with Gasteiger partial charge >= 0.3 is 0 Å². The predicted octanol–water partition coefficient (Wildman–Crippen LogP) is 1.84. The first-order chi connectivity index (χ1) is 8.60. The van der Waals surface area contributed by atoms with E-state index in [1.54, 1.807) is 0 Å². The van der Waals surface area contributed by atoms with Gasteiger partial charge in [-0.05, 0) is 25.9 Å². The van der Waals surface area contributed by atoms with Gasteiger partial charge in [-0.1, -0.05) is 6.92 Å². The molecule has 18 heavy (non-hydrogen) atoms. The zero-order valence-corrected chi connectivity index (χ0v) is 10.4. The van der Waals surface area contributed by atoms with Crippen molar-refractivity contribution in [2.75, 3.05) is 30.7 Å². The third kappa shape index (κ3) is 2.87. The predicted molar refractivity (Wildman–Crippen MR) is 67.3 cm³/mol. The van der Waals surface area contributed by atoms with E-state index in [1.165, 1.54) is 0 Å². The average Bonchev–Trinajstić information content (AvgIpc) is 2.36. The highest BCUT2D eigenvalue weighted by Gasteiger charge is 2.20. The molecule has 0 aliphatic carbocycles. The molecule has 1 fully saturated rings. The lowest BCUT2D eigenvalue weighted by atomic mass is 10.1. The monoisotopic (exact) mass is 256 g/mol. The molecule has 2 rings (SSSR count). The molecule has 4 nitrogen and oxygen atoms in total. The highest BCUT2D eigenvalue weighted by atomic mass is 19.1. The van der Waals surface area contributed by atoms with Gasteiger partial charge in [0.15, 0.2) is 23.3 Å². The van der Waals surface area contributed by atoms with Crippen molar-refractivity contribution < 1.29 is 8.78 Å². The van der Waals surface area contributed by atoms with Crippen molar-refractivity contribution in [2.24, 2.45) is 0 Å². The van der Waals surface area contributed by atoms with Crippen molar-refractivity contribution >= 4 is 11.6 Å². The first kappa shape index (κ1) is 13.0. The van der Waals surface area contributed by atoms with Crippen molar-refractivity contribution in [3.05, 3.63) is 17.7 Å². The van der Waals surface area contributed by atoms with Crippen molar-refractivity contribution in [1.29, 1.82) is 0 Å². The number of piperidine rings is 1. The third-order valence-corrected chi connectivity index (χ3v) is 3.25. The number of anilines is 2. The second-order valence-corrected chi connectivity index (χ2v) is 4.56. The Morgan fingerprint density at radius 3 is 3.00 bits per heavy atom. The quantitative estimate of drug-likeness (QED) is 0.866. The number of aromatic nitrogens is 1. The summed E-state index contributed by atoms with van der Waals surface area (Å²) >= 11 is 0. The Balaban J connectivity index is 2.07. The van der Waals surface area contributed by atoms with Crippen molar-refractivity contribution in [3.63, 3.8) is 0 Å². The van der Waals surface area contributed by atoms with E-state index < -0.39 is 11.6 Å². The van der Waals surface area contributed by atoms with Crippen LogP contribution in [0.5, 0.6) is 0 Å². The van der Waals surface area contributed by atoms with Crippen LogP contribution in [0.1, 0.15) is 19.8 Å². The first-order valence-corrected chi connectivity index (χ1v) is 6.20. The maximum atomic E-state index is 13.5. The van der Waals surface area contributed by atoms with Gasteiger partial charge in [0.1, 0.15) is 0 Å². The number of nitrogens with zero attached hydrogens (tertiary/aromatic N) is 2. The molecular formula is C12H18F2N4. The number of pyridine rings is 1. The van der Waals surface area contributed by atoms with Crippen LogP contribution < -0.4 is 11.1 Å². The molecule has 6 heteroatoms. The van der Waals surface area contributed by atoms with Crippen LogP contribution in [0.2, 0.25) is 0 Å². The Hall–Kier alpha value is -1.43. The molecule has 0 amide bonds. The fourth-order valence-corrected chi connectivity index (χ4v) is 2.24. The molecule has 1 aromatic heterocycles. The Morgan fingerprint density at radius 1 is 1.50 bits per heavy atom. The molecule has 1 aromatic rings. The van der Waals surface area contributed by atoms with Crippen LogP contribution >= 0.6 is 0 Å². The largest absolute Gasteiger partial charge is 0.381 e. The molecule has 100 valence electrons. The van der Waals surface area contributed by atoms with E-state index >= 15 is 0 Å². The van der Waals surface area contributed by atoms with Gasteiger partial charge in [0.05, 0.1) is 0 Å². The average molecular weight is 256 g/mol. The van der Waals surface area contributed by atoms with E-state index in [0.717, 1.165) is 38.5 Å². The summed E-state index contributed by atoms with van der Waals surface area (Å²) in [6, 6.07) is 0.899. The molecule has 1 saturated heterocycles. The minimum absolute atomic E-state index is 0.0388. The fraction of sp³-hybridized carbons (Fsp3) is 0.583. The Labute approximate surface area is 105 Å². The number of hydrogen-bond donors (Lipinski definition) is 2. The number of nitrogens with two attached hydrogens (primary N) is 1. The smallest absolute Gasteiger partial charge is 0.168 e. The second kappa shape index (κ2) is 5.48. The maximum Gasteiger partial charge on any atom is 0.168 e. The summed E-state index contributed by atoms with van der Waals surface area (Å²) in [5.41, 5.74) is 5.34. The summed E-state index contributed by atoms with van der Waals surface area (Å²) in [5.74, 6) is -1.76. The molecule has 0 bridgehead atoms. The number of rotatable bonds is 3. The van der Waals surface area contributed by atoms with Crippen LogP contribution in [0.25, 0.3) is 0 Å². The number of likely N-dealkylation sites (tertiary alicyclic amines) is 1. The summed E-state index contributed by atoms with van der Waals surface area (Å²) in [6.45, 7) is 4.97. The van der Waals surface area contributed by atoms with Gasteiger partial charge < -0.3 is 16.0 Å². The topological polar surface area (TPSA) is 54.2 Å². The molecule has 3 N–H and O–H groups in total. The zero-order valence-electron chi connectivity index (χ0n) is 10.4. The van der Waals surface area contributed by atoms with E-state index in [2.05, 4.69) is 22.1 Å². The van der Waals surface area contributed by atoms with E-state index in [1.807, 2.05) is 0 Å². The number of halogens is 2. The molecule has 0 saturated carbocycles. The Bertz CT molecular complexity index is 425. The minimum atomic E-state index is -0.822. The lowest BCUT2D eigenvalue weighted by Gasteiger charge is -2.32. The number of nitrogens with one attached hydrogen (secondary N) is 1. The minimum Gasteiger partial charge on any atom is -0.381 e. The SMILES string of the molecule is CCN1CCCC(Nc2nc(N)c(F)cc2F)C1. The maximum absolute atomic E-state index is 13.5. The lowest BCUT2D eigenvalue weighted by Crippen LogP contribution is -2.42. The standard InChI is InChI=1S/C12H18F2N4/c1-2-18-5-3-4-8(7-18)16-12-10(14)6-9(13)11(15)17-12/h6,8H,2-5,7H2,1H3,(H3,15,16,17). The van der Waals surface area contributed by atoms with E-state index in [4.69, 9.17) is 5.73 Å². The van der Waals surface area contributed by atoms with Crippen LogP contribution in [-0.2, 0) is 0 Å². The normalized spacial score (nSPS) is 20.9. The van der Waals surface area contributed by atoms with Crippen LogP contribution in [0, 0.1) is 11.6 Å². The van der Waals surface area contributed by atoms with E-state index in [-0.39, 0.29) is 17.7 Å². The van der Waals surface area contributed by atoms with Gasteiger partial charge in [0.2, 0.25) is 0 Å². The van der Waals surface area contributed by atoms with Crippen molar-refractivity contribution in [2.45, 2.75) is 25.8 Å². The summed E-state index contributed by atoms with van der Waals surface area (Å²) in [6.07, 6.45) is 2.01. The lowest BCUT2D eigenvalue weighted by molar-refractivity contribution is 0.226. The number of hydrogen-bond acceptors (Lipinski definition) is 4. The third-order valence-electron chi connectivity index (χ3n) is 3.25. The summed E-state index contributed by atoms with van der Waals surface area (Å²) in [4.78, 5) is 6.00. The van der Waals surface area contributed by atoms with Crippen LogP contribution in [0.4, 0.5) is 20.4 Å². The van der Waals surface area contributed by atoms with Gasteiger partial charge in [-0.3, -0.25) is 0 Å². The van der Waals surface area contributed by atoms with Gasteiger partial charge in [0.25, 0.3) is 0 Å².